The largest absolute Gasteiger partial charge is 0.441 e. The van der Waals surface area contributed by atoms with Gasteiger partial charge in [0, 0.05) is 30.8 Å². The standard InChI is InChI=1S/C25H21FN4O/c1-15-12-21(28-20-10-6-17(7-11-20)23-14-27-16(2)31-23)24-22(13-15)30(3)25(29-24)18-4-8-19(26)9-5-18/h4-14,28H,1-3H3. The summed E-state index contributed by atoms with van der Waals surface area (Å²) < 4.78 is 21.0. The van der Waals surface area contributed by atoms with Crippen molar-refractivity contribution in [3.05, 3.63) is 84.1 Å². The van der Waals surface area contributed by atoms with Crippen molar-refractivity contribution in [3.8, 4) is 22.7 Å². The number of oxazole rings is 1. The summed E-state index contributed by atoms with van der Waals surface area (Å²) in [6.07, 6.45) is 1.73. The first-order chi connectivity index (χ1) is 15.0. The monoisotopic (exact) mass is 412 g/mol. The second-order valence-electron chi connectivity index (χ2n) is 7.63. The number of imidazole rings is 1. The molecule has 0 aliphatic rings. The zero-order valence-corrected chi connectivity index (χ0v) is 17.5. The highest BCUT2D eigenvalue weighted by molar-refractivity contribution is 5.93. The number of hydrogen-bond acceptors (Lipinski definition) is 4. The molecule has 0 radical (unpaired) electrons. The molecule has 6 heteroatoms. The van der Waals surface area contributed by atoms with E-state index in [-0.39, 0.29) is 5.82 Å². The fourth-order valence-corrected chi connectivity index (χ4v) is 3.75. The average Bonchev–Trinajstić information content (AvgIpc) is 3.33. The second-order valence-corrected chi connectivity index (χ2v) is 7.63. The van der Waals surface area contributed by atoms with E-state index in [1.54, 1.807) is 18.3 Å². The molecule has 3 aromatic carbocycles. The van der Waals surface area contributed by atoms with E-state index in [0.717, 1.165) is 50.7 Å². The van der Waals surface area contributed by atoms with Crippen LogP contribution in [0.1, 0.15) is 11.5 Å². The molecule has 5 rings (SSSR count). The summed E-state index contributed by atoms with van der Waals surface area (Å²) in [5.74, 6) is 1.92. The van der Waals surface area contributed by atoms with Gasteiger partial charge in [0.2, 0.25) is 0 Å². The van der Waals surface area contributed by atoms with Gasteiger partial charge in [-0.05, 0) is 73.2 Å². The molecule has 0 bridgehead atoms. The molecule has 0 unspecified atom stereocenters. The molecule has 2 aromatic heterocycles. The van der Waals surface area contributed by atoms with E-state index in [4.69, 9.17) is 9.40 Å². The van der Waals surface area contributed by atoms with Crippen LogP contribution in [-0.4, -0.2) is 14.5 Å². The van der Waals surface area contributed by atoms with Gasteiger partial charge in [0.05, 0.1) is 17.4 Å². The number of nitrogens with one attached hydrogen (secondary N) is 1. The summed E-state index contributed by atoms with van der Waals surface area (Å²) in [5.41, 5.74) is 6.70. The number of anilines is 2. The first kappa shape index (κ1) is 19.1. The number of aryl methyl sites for hydroxylation is 3. The normalized spacial score (nSPS) is 11.2. The van der Waals surface area contributed by atoms with E-state index < -0.39 is 0 Å². The van der Waals surface area contributed by atoms with Gasteiger partial charge in [-0.2, -0.15) is 0 Å². The molecule has 5 aromatic rings. The van der Waals surface area contributed by atoms with E-state index in [1.165, 1.54) is 12.1 Å². The maximum Gasteiger partial charge on any atom is 0.191 e. The molecule has 2 heterocycles. The molecule has 0 aliphatic heterocycles. The van der Waals surface area contributed by atoms with Crippen LogP contribution in [0.3, 0.4) is 0 Å². The van der Waals surface area contributed by atoms with Crippen LogP contribution in [0, 0.1) is 19.7 Å². The Morgan fingerprint density at radius 2 is 1.65 bits per heavy atom. The van der Waals surface area contributed by atoms with Gasteiger partial charge in [0.25, 0.3) is 0 Å². The predicted molar refractivity (Wildman–Crippen MR) is 121 cm³/mol. The van der Waals surface area contributed by atoms with Crippen LogP contribution in [0.5, 0.6) is 0 Å². The Bertz CT molecular complexity index is 1380. The quantitative estimate of drug-likeness (QED) is 0.371. The van der Waals surface area contributed by atoms with Crippen LogP contribution in [0.2, 0.25) is 0 Å². The number of benzene rings is 3. The van der Waals surface area contributed by atoms with Gasteiger partial charge in [0.15, 0.2) is 11.7 Å². The van der Waals surface area contributed by atoms with Gasteiger partial charge < -0.3 is 14.3 Å². The van der Waals surface area contributed by atoms with Crippen molar-refractivity contribution < 1.29 is 8.81 Å². The molecule has 0 aliphatic carbocycles. The Labute approximate surface area is 179 Å². The summed E-state index contributed by atoms with van der Waals surface area (Å²) in [6, 6.07) is 18.6. The maximum atomic E-state index is 13.4. The van der Waals surface area contributed by atoms with E-state index in [1.807, 2.05) is 42.8 Å². The SMILES string of the molecule is Cc1cc(Nc2ccc(-c3cnc(C)o3)cc2)c2nc(-c3ccc(F)cc3)n(C)c2c1. The van der Waals surface area contributed by atoms with Crippen molar-refractivity contribution in [2.24, 2.45) is 7.05 Å². The summed E-state index contributed by atoms with van der Waals surface area (Å²) in [5, 5.41) is 3.49. The van der Waals surface area contributed by atoms with Crippen LogP contribution in [0.15, 0.2) is 71.3 Å². The first-order valence-corrected chi connectivity index (χ1v) is 10.0. The number of hydrogen-bond donors (Lipinski definition) is 1. The third kappa shape index (κ3) is 3.57. The highest BCUT2D eigenvalue weighted by Gasteiger charge is 2.14. The van der Waals surface area contributed by atoms with Crippen molar-refractivity contribution in [3.63, 3.8) is 0 Å². The van der Waals surface area contributed by atoms with Crippen molar-refractivity contribution >= 4 is 22.4 Å². The fourth-order valence-electron chi connectivity index (χ4n) is 3.75. The second kappa shape index (κ2) is 7.40. The van der Waals surface area contributed by atoms with Crippen LogP contribution in [-0.2, 0) is 7.05 Å². The summed E-state index contributed by atoms with van der Waals surface area (Å²) >= 11 is 0. The molecule has 5 nitrogen and oxygen atoms in total. The van der Waals surface area contributed by atoms with Gasteiger partial charge in [-0.25, -0.2) is 14.4 Å². The lowest BCUT2D eigenvalue weighted by Gasteiger charge is -2.09. The number of halogens is 1. The topological polar surface area (TPSA) is 55.9 Å². The molecule has 0 atom stereocenters. The van der Waals surface area contributed by atoms with Crippen molar-refractivity contribution in [1.29, 1.82) is 0 Å². The molecule has 31 heavy (non-hydrogen) atoms. The van der Waals surface area contributed by atoms with Gasteiger partial charge in [-0.1, -0.05) is 0 Å². The third-order valence-electron chi connectivity index (χ3n) is 5.30. The molecule has 0 amide bonds. The third-order valence-corrected chi connectivity index (χ3v) is 5.30. The molecule has 1 N–H and O–H groups in total. The minimum absolute atomic E-state index is 0.260. The highest BCUT2D eigenvalue weighted by atomic mass is 19.1. The molecular formula is C25H21FN4O. The summed E-state index contributed by atoms with van der Waals surface area (Å²) in [6.45, 7) is 3.89. The minimum atomic E-state index is -0.260. The highest BCUT2D eigenvalue weighted by Crippen LogP contribution is 2.32. The number of fused-ring (bicyclic) bond motifs is 1. The first-order valence-electron chi connectivity index (χ1n) is 10.0. The average molecular weight is 412 g/mol. The Balaban J connectivity index is 1.52. The van der Waals surface area contributed by atoms with Crippen molar-refractivity contribution in [1.82, 2.24) is 14.5 Å². The number of rotatable bonds is 4. The van der Waals surface area contributed by atoms with Gasteiger partial charge in [-0.15, -0.1) is 0 Å². The lowest BCUT2D eigenvalue weighted by Crippen LogP contribution is -1.94. The van der Waals surface area contributed by atoms with Crippen LogP contribution < -0.4 is 5.32 Å². The predicted octanol–water partition coefficient (Wildman–Crippen LogP) is 6.39. The van der Waals surface area contributed by atoms with Gasteiger partial charge in [-0.3, -0.25) is 0 Å². The van der Waals surface area contributed by atoms with Crippen LogP contribution >= 0.6 is 0 Å². The van der Waals surface area contributed by atoms with E-state index in [0.29, 0.717) is 5.89 Å². The maximum absolute atomic E-state index is 13.4. The number of nitrogens with zero attached hydrogens (tertiary/aromatic N) is 3. The lowest BCUT2D eigenvalue weighted by molar-refractivity contribution is 0.534. The van der Waals surface area contributed by atoms with Gasteiger partial charge in [0.1, 0.15) is 17.2 Å². The minimum Gasteiger partial charge on any atom is -0.441 e. The van der Waals surface area contributed by atoms with Crippen molar-refractivity contribution in [2.45, 2.75) is 13.8 Å². The molecule has 154 valence electrons. The van der Waals surface area contributed by atoms with E-state index in [2.05, 4.69) is 29.4 Å². The van der Waals surface area contributed by atoms with E-state index in [9.17, 15) is 4.39 Å². The zero-order chi connectivity index (χ0) is 21.5. The smallest absolute Gasteiger partial charge is 0.191 e. The number of aromatic nitrogens is 3. The van der Waals surface area contributed by atoms with Gasteiger partial charge >= 0.3 is 0 Å². The zero-order valence-electron chi connectivity index (χ0n) is 17.5. The Kier molecular flexibility index (Phi) is 4.55. The molecule has 0 spiro atoms. The molecule has 0 saturated carbocycles. The molecule has 0 fully saturated rings. The molecular weight excluding hydrogens is 391 g/mol. The Hall–Kier alpha value is -3.93. The lowest BCUT2D eigenvalue weighted by atomic mass is 10.1. The van der Waals surface area contributed by atoms with Crippen LogP contribution in [0.25, 0.3) is 33.7 Å². The Morgan fingerprint density at radius 3 is 2.32 bits per heavy atom. The Morgan fingerprint density at radius 1 is 0.935 bits per heavy atom. The van der Waals surface area contributed by atoms with Crippen LogP contribution in [0.4, 0.5) is 15.8 Å². The summed E-state index contributed by atoms with van der Waals surface area (Å²) in [4.78, 5) is 9.03. The molecule has 0 saturated heterocycles. The summed E-state index contributed by atoms with van der Waals surface area (Å²) in [7, 11) is 1.98. The fraction of sp³-hybridized carbons (Fsp3) is 0.120. The van der Waals surface area contributed by atoms with Crippen molar-refractivity contribution in [2.75, 3.05) is 5.32 Å². The van der Waals surface area contributed by atoms with E-state index >= 15 is 0 Å².